The first-order valence-electron chi connectivity index (χ1n) is 7.29. The summed E-state index contributed by atoms with van der Waals surface area (Å²) in [4.78, 5) is 33.1. The van der Waals surface area contributed by atoms with E-state index < -0.39 is 18.2 Å². The van der Waals surface area contributed by atoms with Gasteiger partial charge in [-0.2, -0.15) is 0 Å². The quantitative estimate of drug-likeness (QED) is 0.878. The summed E-state index contributed by atoms with van der Waals surface area (Å²) in [6, 6.07) is 0. The normalized spacial score (nSPS) is 19.5. The number of nitrogens with zero attached hydrogens (tertiary/aromatic N) is 1. The Bertz CT molecular complexity index is 774. The summed E-state index contributed by atoms with van der Waals surface area (Å²) in [5.41, 5.74) is 0.756. The highest BCUT2D eigenvalue weighted by molar-refractivity contribution is 7.18. The van der Waals surface area contributed by atoms with Crippen LogP contribution in [0.2, 0.25) is 0 Å². The molecule has 1 aliphatic rings. The van der Waals surface area contributed by atoms with Crippen LogP contribution >= 0.6 is 11.3 Å². The lowest BCUT2D eigenvalue weighted by Gasteiger charge is -2.15. The van der Waals surface area contributed by atoms with Gasteiger partial charge in [-0.05, 0) is 39.2 Å². The zero-order valence-electron chi connectivity index (χ0n) is 12.8. The number of rotatable bonds is 3. The Hall–Kier alpha value is -1.73. The summed E-state index contributed by atoms with van der Waals surface area (Å²) in [6.07, 6.45) is 0.432. The SMILES string of the molecule is Cc1sc2nc([C@@H](C)OC(=O)[C@@H]3CCCO3)[nH]c(=O)c2c1C. The van der Waals surface area contributed by atoms with Crippen LogP contribution in [0.15, 0.2) is 4.79 Å². The van der Waals surface area contributed by atoms with Gasteiger partial charge >= 0.3 is 5.97 Å². The molecule has 3 rings (SSSR count). The Balaban J connectivity index is 1.86. The first kappa shape index (κ1) is 15.2. The molecule has 0 aromatic carbocycles. The van der Waals surface area contributed by atoms with Gasteiger partial charge in [0.05, 0.1) is 5.39 Å². The van der Waals surface area contributed by atoms with Crippen molar-refractivity contribution < 1.29 is 14.3 Å². The fraction of sp³-hybridized carbons (Fsp3) is 0.533. The maximum absolute atomic E-state index is 12.2. The zero-order chi connectivity index (χ0) is 15.9. The van der Waals surface area contributed by atoms with E-state index in [1.807, 2.05) is 13.8 Å². The third-order valence-corrected chi connectivity index (χ3v) is 5.03. The van der Waals surface area contributed by atoms with E-state index in [9.17, 15) is 9.59 Å². The van der Waals surface area contributed by atoms with Crippen LogP contribution in [-0.2, 0) is 14.3 Å². The van der Waals surface area contributed by atoms with Crippen LogP contribution in [0.3, 0.4) is 0 Å². The lowest BCUT2D eigenvalue weighted by Crippen LogP contribution is -2.25. The number of nitrogens with one attached hydrogen (secondary N) is 1. The van der Waals surface area contributed by atoms with Gasteiger partial charge in [0, 0.05) is 11.5 Å². The van der Waals surface area contributed by atoms with Crippen molar-refractivity contribution in [3.05, 3.63) is 26.6 Å². The molecule has 0 bridgehead atoms. The molecular formula is C15H18N2O4S. The highest BCUT2D eigenvalue weighted by atomic mass is 32.1. The molecule has 0 aliphatic carbocycles. The molecule has 2 aromatic heterocycles. The molecule has 0 amide bonds. The van der Waals surface area contributed by atoms with Crippen LogP contribution in [-0.4, -0.2) is 28.6 Å². The minimum Gasteiger partial charge on any atom is -0.453 e. The van der Waals surface area contributed by atoms with Crippen molar-refractivity contribution in [3.8, 4) is 0 Å². The molecule has 2 atom stereocenters. The molecule has 2 aromatic rings. The van der Waals surface area contributed by atoms with Crippen LogP contribution in [0.1, 0.15) is 42.1 Å². The van der Waals surface area contributed by atoms with Gasteiger partial charge in [0.25, 0.3) is 5.56 Å². The number of hydrogen-bond acceptors (Lipinski definition) is 6. The van der Waals surface area contributed by atoms with Crippen molar-refractivity contribution in [2.45, 2.75) is 45.8 Å². The van der Waals surface area contributed by atoms with E-state index in [0.29, 0.717) is 29.1 Å². The van der Waals surface area contributed by atoms with E-state index in [-0.39, 0.29) is 5.56 Å². The van der Waals surface area contributed by atoms with Crippen molar-refractivity contribution in [2.24, 2.45) is 0 Å². The molecule has 0 radical (unpaired) electrons. The minimum absolute atomic E-state index is 0.193. The lowest BCUT2D eigenvalue weighted by atomic mass is 10.2. The van der Waals surface area contributed by atoms with Crippen molar-refractivity contribution >= 4 is 27.5 Å². The molecule has 22 heavy (non-hydrogen) atoms. The van der Waals surface area contributed by atoms with Crippen molar-refractivity contribution in [1.82, 2.24) is 9.97 Å². The maximum Gasteiger partial charge on any atom is 0.335 e. The van der Waals surface area contributed by atoms with E-state index in [1.54, 1.807) is 6.92 Å². The Labute approximate surface area is 131 Å². The highest BCUT2D eigenvalue weighted by Crippen LogP contribution is 2.27. The second-order valence-corrected chi connectivity index (χ2v) is 6.70. The first-order chi connectivity index (χ1) is 10.5. The molecule has 7 heteroatoms. The summed E-state index contributed by atoms with van der Waals surface area (Å²) >= 11 is 1.47. The Kier molecular flexibility index (Phi) is 4.01. The van der Waals surface area contributed by atoms with Gasteiger partial charge in [-0.15, -0.1) is 11.3 Å². The van der Waals surface area contributed by atoms with Gasteiger partial charge < -0.3 is 14.5 Å². The number of aromatic amines is 1. The predicted molar refractivity (Wildman–Crippen MR) is 83.2 cm³/mol. The fourth-order valence-corrected chi connectivity index (χ4v) is 3.57. The molecule has 6 nitrogen and oxygen atoms in total. The molecule has 0 saturated carbocycles. The summed E-state index contributed by atoms with van der Waals surface area (Å²) in [6.45, 7) is 6.15. The number of thiophene rings is 1. The average molecular weight is 322 g/mol. The van der Waals surface area contributed by atoms with Gasteiger partial charge in [-0.25, -0.2) is 9.78 Å². The van der Waals surface area contributed by atoms with Crippen LogP contribution in [0, 0.1) is 13.8 Å². The summed E-state index contributed by atoms with van der Waals surface area (Å²) in [7, 11) is 0. The maximum atomic E-state index is 12.2. The highest BCUT2D eigenvalue weighted by Gasteiger charge is 2.27. The van der Waals surface area contributed by atoms with Gasteiger partial charge in [0.15, 0.2) is 18.0 Å². The molecule has 1 saturated heterocycles. The summed E-state index contributed by atoms with van der Waals surface area (Å²) in [5, 5.41) is 0.615. The molecule has 1 fully saturated rings. The molecule has 1 N–H and O–H groups in total. The predicted octanol–water partition coefficient (Wildman–Crippen LogP) is 2.38. The first-order valence-corrected chi connectivity index (χ1v) is 8.11. The Morgan fingerprint density at radius 2 is 2.27 bits per heavy atom. The molecular weight excluding hydrogens is 304 g/mol. The van der Waals surface area contributed by atoms with Gasteiger partial charge in [-0.1, -0.05) is 0 Å². The number of fused-ring (bicyclic) bond motifs is 1. The number of ether oxygens (including phenoxy) is 2. The van der Waals surface area contributed by atoms with Crippen LogP contribution in [0.25, 0.3) is 10.2 Å². The van der Waals surface area contributed by atoms with E-state index >= 15 is 0 Å². The number of H-pyrrole nitrogens is 1. The lowest BCUT2D eigenvalue weighted by molar-refractivity contribution is -0.159. The molecule has 1 aliphatic heterocycles. The van der Waals surface area contributed by atoms with Crippen molar-refractivity contribution in [1.29, 1.82) is 0 Å². The van der Waals surface area contributed by atoms with Crippen molar-refractivity contribution in [2.75, 3.05) is 6.61 Å². The molecule has 118 valence electrons. The van der Waals surface area contributed by atoms with E-state index in [2.05, 4.69) is 9.97 Å². The van der Waals surface area contributed by atoms with Crippen LogP contribution in [0.4, 0.5) is 0 Å². The Morgan fingerprint density at radius 1 is 1.50 bits per heavy atom. The summed E-state index contributed by atoms with van der Waals surface area (Å²) < 4.78 is 10.7. The molecule has 0 spiro atoms. The third-order valence-electron chi connectivity index (χ3n) is 3.93. The summed E-state index contributed by atoms with van der Waals surface area (Å²) in [5.74, 6) is -0.0311. The second kappa shape index (κ2) is 5.81. The van der Waals surface area contributed by atoms with Gasteiger partial charge in [0.2, 0.25) is 0 Å². The molecule has 3 heterocycles. The van der Waals surface area contributed by atoms with E-state index in [4.69, 9.17) is 9.47 Å². The second-order valence-electron chi connectivity index (χ2n) is 5.50. The zero-order valence-corrected chi connectivity index (χ0v) is 13.6. The average Bonchev–Trinajstić information content (AvgIpc) is 3.08. The van der Waals surface area contributed by atoms with Gasteiger partial charge in [-0.3, -0.25) is 4.79 Å². The number of esters is 1. The number of carbonyl (C=O) groups is 1. The Morgan fingerprint density at radius 3 is 2.95 bits per heavy atom. The van der Waals surface area contributed by atoms with Gasteiger partial charge in [0.1, 0.15) is 4.83 Å². The minimum atomic E-state index is -0.614. The number of aromatic nitrogens is 2. The van der Waals surface area contributed by atoms with E-state index in [0.717, 1.165) is 16.9 Å². The number of aryl methyl sites for hydroxylation is 2. The largest absolute Gasteiger partial charge is 0.453 e. The van der Waals surface area contributed by atoms with Crippen LogP contribution in [0.5, 0.6) is 0 Å². The third kappa shape index (κ3) is 2.66. The molecule has 0 unspecified atom stereocenters. The topological polar surface area (TPSA) is 81.3 Å². The smallest absolute Gasteiger partial charge is 0.335 e. The van der Waals surface area contributed by atoms with Crippen LogP contribution < -0.4 is 5.56 Å². The number of hydrogen-bond donors (Lipinski definition) is 1. The fourth-order valence-electron chi connectivity index (χ4n) is 2.53. The number of carbonyl (C=O) groups excluding carboxylic acids is 1. The standard InChI is InChI=1S/C15H18N2O4S/c1-7-9(3)22-14-11(7)13(18)16-12(17-14)8(2)21-15(19)10-5-4-6-20-10/h8,10H,4-6H2,1-3H3,(H,16,17,18)/t8-,10+/m1/s1. The van der Waals surface area contributed by atoms with E-state index in [1.165, 1.54) is 11.3 Å². The van der Waals surface area contributed by atoms with Crippen molar-refractivity contribution in [3.63, 3.8) is 0 Å². The monoisotopic (exact) mass is 322 g/mol.